The number of alkyl halides is 3. The van der Waals surface area contributed by atoms with Crippen LogP contribution in [0.15, 0.2) is 12.3 Å². The highest BCUT2D eigenvalue weighted by Crippen LogP contribution is 2.27. The standard InChI is InChI=1S/C11H16F3N3O/c12-11(13,14)10-1-5-17(16-10)6-4-15-9-2-7-18-8-3-9/h1,5,9,15H,2-4,6-8H2. The summed E-state index contributed by atoms with van der Waals surface area (Å²) in [6, 6.07) is 1.39. The van der Waals surface area contributed by atoms with Gasteiger partial charge in [-0.15, -0.1) is 0 Å². The molecule has 0 aromatic carbocycles. The van der Waals surface area contributed by atoms with Gasteiger partial charge in [0.15, 0.2) is 5.69 Å². The van der Waals surface area contributed by atoms with Crippen molar-refractivity contribution in [3.63, 3.8) is 0 Å². The quantitative estimate of drug-likeness (QED) is 0.898. The van der Waals surface area contributed by atoms with Gasteiger partial charge in [-0.25, -0.2) is 0 Å². The monoisotopic (exact) mass is 263 g/mol. The van der Waals surface area contributed by atoms with E-state index in [9.17, 15) is 13.2 Å². The molecule has 102 valence electrons. The number of halogens is 3. The molecule has 0 unspecified atom stereocenters. The van der Waals surface area contributed by atoms with Gasteiger partial charge in [-0.05, 0) is 18.9 Å². The average Bonchev–Trinajstić information content (AvgIpc) is 2.79. The zero-order chi connectivity index (χ0) is 13.0. The van der Waals surface area contributed by atoms with Crippen molar-refractivity contribution < 1.29 is 17.9 Å². The van der Waals surface area contributed by atoms with Crippen molar-refractivity contribution in [1.29, 1.82) is 0 Å². The molecule has 0 radical (unpaired) electrons. The van der Waals surface area contributed by atoms with Crippen molar-refractivity contribution in [3.05, 3.63) is 18.0 Å². The molecule has 0 aliphatic carbocycles. The zero-order valence-electron chi connectivity index (χ0n) is 9.91. The molecule has 0 amide bonds. The predicted octanol–water partition coefficient (Wildman–Crippen LogP) is 1.67. The van der Waals surface area contributed by atoms with Gasteiger partial charge in [0.2, 0.25) is 0 Å². The van der Waals surface area contributed by atoms with E-state index in [1.54, 1.807) is 0 Å². The Hall–Kier alpha value is -1.08. The highest BCUT2D eigenvalue weighted by molar-refractivity contribution is 5.03. The van der Waals surface area contributed by atoms with Gasteiger partial charge >= 0.3 is 6.18 Å². The van der Waals surface area contributed by atoms with E-state index in [0.29, 0.717) is 19.1 Å². The van der Waals surface area contributed by atoms with E-state index in [0.717, 1.165) is 32.1 Å². The molecule has 0 spiro atoms. The number of nitrogens with one attached hydrogen (secondary N) is 1. The number of aromatic nitrogens is 2. The van der Waals surface area contributed by atoms with Gasteiger partial charge in [0.1, 0.15) is 0 Å². The van der Waals surface area contributed by atoms with Gasteiger partial charge in [0, 0.05) is 32.0 Å². The third kappa shape index (κ3) is 3.71. The van der Waals surface area contributed by atoms with Crippen LogP contribution in [-0.4, -0.2) is 35.6 Å². The lowest BCUT2D eigenvalue weighted by molar-refractivity contribution is -0.141. The molecular weight excluding hydrogens is 247 g/mol. The van der Waals surface area contributed by atoms with Gasteiger partial charge in [-0.3, -0.25) is 4.68 Å². The zero-order valence-corrected chi connectivity index (χ0v) is 9.91. The van der Waals surface area contributed by atoms with Gasteiger partial charge in [0.05, 0.1) is 6.54 Å². The van der Waals surface area contributed by atoms with Crippen LogP contribution in [0.3, 0.4) is 0 Å². The van der Waals surface area contributed by atoms with Gasteiger partial charge in [-0.1, -0.05) is 0 Å². The third-order valence-corrected chi connectivity index (χ3v) is 2.93. The molecule has 1 aliphatic rings. The number of hydrogen-bond donors (Lipinski definition) is 1. The minimum atomic E-state index is -4.36. The molecule has 1 fully saturated rings. The van der Waals surface area contributed by atoms with Crippen LogP contribution in [0.25, 0.3) is 0 Å². The van der Waals surface area contributed by atoms with E-state index in [2.05, 4.69) is 10.4 Å². The molecule has 7 heteroatoms. The van der Waals surface area contributed by atoms with Crippen molar-refractivity contribution >= 4 is 0 Å². The smallest absolute Gasteiger partial charge is 0.381 e. The first-order valence-corrected chi connectivity index (χ1v) is 5.97. The lowest BCUT2D eigenvalue weighted by Crippen LogP contribution is -2.36. The summed E-state index contributed by atoms with van der Waals surface area (Å²) in [6.45, 7) is 2.55. The summed E-state index contributed by atoms with van der Waals surface area (Å²) in [6.07, 6.45) is -1.10. The van der Waals surface area contributed by atoms with Crippen molar-refractivity contribution in [3.8, 4) is 0 Å². The maximum Gasteiger partial charge on any atom is 0.435 e. The molecule has 1 saturated heterocycles. The van der Waals surface area contributed by atoms with E-state index in [1.807, 2.05) is 0 Å². The van der Waals surface area contributed by atoms with Crippen molar-refractivity contribution in [2.45, 2.75) is 31.6 Å². The summed E-state index contributed by atoms with van der Waals surface area (Å²) in [7, 11) is 0. The number of nitrogens with zero attached hydrogens (tertiary/aromatic N) is 2. The summed E-state index contributed by atoms with van der Waals surface area (Å²) in [4.78, 5) is 0. The largest absolute Gasteiger partial charge is 0.435 e. The lowest BCUT2D eigenvalue weighted by atomic mass is 10.1. The fourth-order valence-corrected chi connectivity index (χ4v) is 1.92. The summed E-state index contributed by atoms with van der Waals surface area (Å²) < 4.78 is 43.5. The topological polar surface area (TPSA) is 39.1 Å². The maximum absolute atomic E-state index is 12.3. The maximum atomic E-state index is 12.3. The first-order valence-electron chi connectivity index (χ1n) is 5.97. The summed E-state index contributed by atoms with van der Waals surface area (Å²) >= 11 is 0. The first-order chi connectivity index (χ1) is 8.55. The molecular formula is C11H16F3N3O. The van der Waals surface area contributed by atoms with Crippen LogP contribution >= 0.6 is 0 Å². The second kappa shape index (κ2) is 5.71. The molecule has 4 nitrogen and oxygen atoms in total. The van der Waals surface area contributed by atoms with Crippen LogP contribution in [0.1, 0.15) is 18.5 Å². The van der Waals surface area contributed by atoms with Gasteiger partial charge < -0.3 is 10.1 Å². The molecule has 2 rings (SSSR count). The minimum absolute atomic E-state index is 0.399. The van der Waals surface area contributed by atoms with Crippen molar-refractivity contribution in [2.75, 3.05) is 19.8 Å². The summed E-state index contributed by atoms with van der Waals surface area (Å²) in [5, 5.41) is 6.79. The van der Waals surface area contributed by atoms with Crippen LogP contribution in [0.4, 0.5) is 13.2 Å². The van der Waals surface area contributed by atoms with E-state index >= 15 is 0 Å². The molecule has 18 heavy (non-hydrogen) atoms. The van der Waals surface area contributed by atoms with Crippen molar-refractivity contribution in [1.82, 2.24) is 15.1 Å². The van der Waals surface area contributed by atoms with Gasteiger partial charge in [0.25, 0.3) is 0 Å². The van der Waals surface area contributed by atoms with Crippen LogP contribution in [0, 0.1) is 0 Å². The number of hydrogen-bond acceptors (Lipinski definition) is 3. The second-order valence-corrected chi connectivity index (χ2v) is 4.30. The third-order valence-electron chi connectivity index (χ3n) is 2.93. The number of rotatable bonds is 4. The summed E-state index contributed by atoms with van der Waals surface area (Å²) in [5.74, 6) is 0. The highest BCUT2D eigenvalue weighted by Gasteiger charge is 2.33. The number of ether oxygens (including phenoxy) is 1. The molecule has 1 aliphatic heterocycles. The Bertz CT molecular complexity index is 372. The van der Waals surface area contributed by atoms with E-state index in [-0.39, 0.29) is 0 Å². The lowest BCUT2D eigenvalue weighted by Gasteiger charge is -2.23. The van der Waals surface area contributed by atoms with Crippen LogP contribution in [0.2, 0.25) is 0 Å². The van der Waals surface area contributed by atoms with Crippen LogP contribution < -0.4 is 5.32 Å². The van der Waals surface area contributed by atoms with E-state index in [4.69, 9.17) is 4.74 Å². The first kappa shape index (κ1) is 13.4. The molecule has 0 saturated carbocycles. The Balaban J connectivity index is 1.74. The predicted molar refractivity (Wildman–Crippen MR) is 59.1 cm³/mol. The van der Waals surface area contributed by atoms with Gasteiger partial charge in [-0.2, -0.15) is 18.3 Å². The van der Waals surface area contributed by atoms with E-state index in [1.165, 1.54) is 10.9 Å². The van der Waals surface area contributed by atoms with Crippen molar-refractivity contribution in [2.24, 2.45) is 0 Å². The molecule has 1 N–H and O–H groups in total. The molecule has 0 bridgehead atoms. The Kier molecular flexibility index (Phi) is 4.23. The van der Waals surface area contributed by atoms with Crippen LogP contribution in [0.5, 0.6) is 0 Å². The van der Waals surface area contributed by atoms with E-state index < -0.39 is 11.9 Å². The van der Waals surface area contributed by atoms with Crippen LogP contribution in [-0.2, 0) is 17.5 Å². The average molecular weight is 263 g/mol. The SMILES string of the molecule is FC(F)(F)c1ccn(CCNC2CCOCC2)n1. The summed E-state index contributed by atoms with van der Waals surface area (Å²) in [5.41, 5.74) is -0.839. The molecule has 0 atom stereocenters. The Morgan fingerprint density at radius 1 is 1.39 bits per heavy atom. The molecule has 2 heterocycles. The Labute approximate surface area is 103 Å². The fourth-order valence-electron chi connectivity index (χ4n) is 1.92. The molecule has 1 aromatic heterocycles. The fraction of sp³-hybridized carbons (Fsp3) is 0.727. The molecule has 1 aromatic rings. The minimum Gasteiger partial charge on any atom is -0.381 e. The Morgan fingerprint density at radius 2 is 2.11 bits per heavy atom. The second-order valence-electron chi connectivity index (χ2n) is 4.30. The highest BCUT2D eigenvalue weighted by atomic mass is 19.4. The Morgan fingerprint density at radius 3 is 2.72 bits per heavy atom. The normalized spacial score (nSPS) is 18.2.